The van der Waals surface area contributed by atoms with Crippen molar-refractivity contribution in [3.63, 3.8) is 0 Å². The zero-order chi connectivity index (χ0) is 11.3. The molecule has 0 radical (unpaired) electrons. The fraction of sp³-hybridized carbons (Fsp3) is 0.500. The molecule has 2 rings (SSSR count). The van der Waals surface area contributed by atoms with Crippen LogP contribution in [-0.4, -0.2) is 0 Å². The Labute approximate surface area is 88.3 Å². The van der Waals surface area contributed by atoms with Gasteiger partial charge in [-0.05, 0) is 36.0 Å². The van der Waals surface area contributed by atoms with Crippen LogP contribution in [0.25, 0.3) is 0 Å². The van der Waals surface area contributed by atoms with Gasteiger partial charge >= 0.3 is 0 Å². The number of hydrogen-bond donors (Lipinski definition) is 1. The molecule has 0 unspecified atom stereocenters. The predicted octanol–water partition coefficient (Wildman–Crippen LogP) is 2.94. The molecular weight excluding hydrogens is 196 g/mol. The molecule has 3 heteroatoms. The molecule has 0 aromatic heterocycles. The van der Waals surface area contributed by atoms with E-state index < -0.39 is 17.2 Å². The number of hydrogen-bond acceptors (Lipinski definition) is 1. The summed E-state index contributed by atoms with van der Waals surface area (Å²) in [4.78, 5) is 0. The first-order chi connectivity index (χ1) is 6.81. The van der Waals surface area contributed by atoms with Crippen molar-refractivity contribution in [2.24, 2.45) is 11.1 Å². The molecule has 1 nitrogen and oxygen atoms in total. The van der Waals surface area contributed by atoms with E-state index in [0.29, 0.717) is 5.56 Å². The summed E-state index contributed by atoms with van der Waals surface area (Å²) in [5.41, 5.74) is 6.30. The van der Waals surface area contributed by atoms with Crippen LogP contribution in [0.5, 0.6) is 0 Å². The third kappa shape index (κ3) is 1.88. The van der Waals surface area contributed by atoms with Crippen molar-refractivity contribution in [3.8, 4) is 0 Å². The van der Waals surface area contributed by atoms with Gasteiger partial charge in [0.15, 0.2) is 0 Å². The molecule has 0 bridgehead atoms. The van der Waals surface area contributed by atoms with Crippen LogP contribution in [0.3, 0.4) is 0 Å². The van der Waals surface area contributed by atoms with Crippen molar-refractivity contribution in [2.45, 2.75) is 32.2 Å². The highest BCUT2D eigenvalue weighted by Crippen LogP contribution is 2.51. The van der Waals surface area contributed by atoms with Crippen molar-refractivity contribution in [2.75, 3.05) is 0 Å². The van der Waals surface area contributed by atoms with E-state index >= 15 is 0 Å². The smallest absolute Gasteiger partial charge is 0.126 e. The van der Waals surface area contributed by atoms with Gasteiger partial charge in [0.1, 0.15) is 11.6 Å². The van der Waals surface area contributed by atoms with Crippen molar-refractivity contribution in [1.82, 2.24) is 0 Å². The lowest BCUT2D eigenvalue weighted by molar-refractivity contribution is 0.0613. The van der Waals surface area contributed by atoms with Gasteiger partial charge in [-0.1, -0.05) is 13.8 Å². The largest absolute Gasteiger partial charge is 0.321 e. The summed E-state index contributed by atoms with van der Waals surface area (Å²) in [7, 11) is 0. The highest BCUT2D eigenvalue weighted by molar-refractivity contribution is 5.29. The van der Waals surface area contributed by atoms with Crippen molar-refractivity contribution in [3.05, 3.63) is 35.4 Å². The van der Waals surface area contributed by atoms with E-state index in [0.717, 1.165) is 18.9 Å². The Morgan fingerprint density at radius 3 is 1.93 bits per heavy atom. The third-order valence-corrected chi connectivity index (χ3v) is 3.03. The van der Waals surface area contributed by atoms with Gasteiger partial charge in [0.05, 0.1) is 0 Å². The Morgan fingerprint density at radius 1 is 1.07 bits per heavy atom. The molecule has 82 valence electrons. The van der Waals surface area contributed by atoms with E-state index in [1.807, 2.05) is 0 Å². The molecule has 1 aromatic rings. The van der Waals surface area contributed by atoms with E-state index in [1.54, 1.807) is 0 Å². The average molecular weight is 211 g/mol. The molecule has 1 aliphatic rings. The second-order valence-corrected chi connectivity index (χ2v) is 5.33. The molecule has 1 aliphatic carbocycles. The van der Waals surface area contributed by atoms with Gasteiger partial charge in [-0.3, -0.25) is 0 Å². The molecule has 1 saturated carbocycles. The average Bonchev–Trinajstić information content (AvgIpc) is 1.98. The lowest BCUT2D eigenvalue weighted by Crippen LogP contribution is -2.53. The monoisotopic (exact) mass is 211 g/mol. The van der Waals surface area contributed by atoms with Crippen LogP contribution < -0.4 is 5.73 Å². The fourth-order valence-corrected chi connectivity index (χ4v) is 2.70. The van der Waals surface area contributed by atoms with Gasteiger partial charge in [-0.15, -0.1) is 0 Å². The summed E-state index contributed by atoms with van der Waals surface area (Å²) in [5, 5.41) is 0. The minimum Gasteiger partial charge on any atom is -0.321 e. The topological polar surface area (TPSA) is 26.0 Å². The van der Waals surface area contributed by atoms with Crippen molar-refractivity contribution >= 4 is 0 Å². The first kappa shape index (κ1) is 10.6. The molecule has 0 atom stereocenters. The molecule has 0 amide bonds. The van der Waals surface area contributed by atoms with E-state index in [1.165, 1.54) is 12.1 Å². The Balaban J connectivity index is 2.31. The molecule has 1 fully saturated rings. The van der Waals surface area contributed by atoms with Crippen LogP contribution in [0.4, 0.5) is 8.78 Å². The zero-order valence-electron chi connectivity index (χ0n) is 8.98. The molecular formula is C12H15F2N. The molecule has 0 spiro atoms. The third-order valence-electron chi connectivity index (χ3n) is 3.03. The maximum absolute atomic E-state index is 13.0. The summed E-state index contributed by atoms with van der Waals surface area (Å²) in [5.74, 6) is -1.11. The van der Waals surface area contributed by atoms with Gasteiger partial charge in [0.25, 0.3) is 0 Å². The van der Waals surface area contributed by atoms with Crippen molar-refractivity contribution < 1.29 is 8.78 Å². The van der Waals surface area contributed by atoms with Gasteiger partial charge in [-0.25, -0.2) is 8.78 Å². The number of nitrogens with two attached hydrogens (primary N) is 1. The summed E-state index contributed by atoms with van der Waals surface area (Å²) in [6.45, 7) is 4.21. The maximum atomic E-state index is 13.0. The lowest BCUT2D eigenvalue weighted by Gasteiger charge is -2.51. The lowest BCUT2D eigenvalue weighted by atomic mass is 9.57. The molecule has 0 aliphatic heterocycles. The van der Waals surface area contributed by atoms with Crippen LogP contribution in [0.1, 0.15) is 32.3 Å². The van der Waals surface area contributed by atoms with Crippen LogP contribution in [-0.2, 0) is 5.54 Å². The first-order valence-corrected chi connectivity index (χ1v) is 5.06. The summed E-state index contributed by atoms with van der Waals surface area (Å²) in [6, 6.07) is 3.54. The number of halogens is 2. The standard InChI is InChI=1S/C12H15F2N/c1-11(2)6-12(15,7-11)8-3-9(13)5-10(14)4-8/h3-5H,6-7,15H2,1-2H3. The Bertz CT molecular complexity index is 370. The molecule has 0 heterocycles. The summed E-state index contributed by atoms with van der Waals surface area (Å²) < 4.78 is 26.0. The van der Waals surface area contributed by atoms with Crippen LogP contribution in [0, 0.1) is 17.0 Å². The van der Waals surface area contributed by atoms with Gasteiger partial charge in [-0.2, -0.15) is 0 Å². The summed E-state index contributed by atoms with van der Waals surface area (Å²) in [6.07, 6.45) is 1.53. The van der Waals surface area contributed by atoms with Crippen LogP contribution in [0.15, 0.2) is 18.2 Å². The van der Waals surface area contributed by atoms with E-state index in [9.17, 15) is 8.78 Å². The zero-order valence-corrected chi connectivity index (χ0v) is 8.98. The second-order valence-electron chi connectivity index (χ2n) is 5.33. The predicted molar refractivity (Wildman–Crippen MR) is 55.2 cm³/mol. The van der Waals surface area contributed by atoms with Crippen LogP contribution >= 0.6 is 0 Å². The normalized spacial score (nSPS) is 22.2. The van der Waals surface area contributed by atoms with Gasteiger partial charge in [0, 0.05) is 11.6 Å². The number of rotatable bonds is 1. The van der Waals surface area contributed by atoms with Gasteiger partial charge < -0.3 is 5.73 Å². The fourth-order valence-electron chi connectivity index (χ4n) is 2.70. The van der Waals surface area contributed by atoms with E-state index in [2.05, 4.69) is 13.8 Å². The maximum Gasteiger partial charge on any atom is 0.126 e. The quantitative estimate of drug-likeness (QED) is 0.759. The summed E-state index contributed by atoms with van der Waals surface area (Å²) >= 11 is 0. The first-order valence-electron chi connectivity index (χ1n) is 5.06. The van der Waals surface area contributed by atoms with Crippen LogP contribution in [0.2, 0.25) is 0 Å². The molecule has 15 heavy (non-hydrogen) atoms. The minimum atomic E-state index is -0.556. The second kappa shape index (κ2) is 3.01. The SMILES string of the molecule is CC1(C)CC(N)(c2cc(F)cc(F)c2)C1. The Kier molecular flexibility index (Phi) is 2.12. The van der Waals surface area contributed by atoms with Gasteiger partial charge in [0.2, 0.25) is 0 Å². The van der Waals surface area contributed by atoms with Crippen molar-refractivity contribution in [1.29, 1.82) is 0 Å². The Hall–Kier alpha value is -0.960. The highest BCUT2D eigenvalue weighted by Gasteiger charge is 2.47. The molecule has 2 N–H and O–H groups in total. The number of benzene rings is 1. The molecule has 1 aromatic carbocycles. The van der Waals surface area contributed by atoms with E-state index in [-0.39, 0.29) is 5.41 Å². The van der Waals surface area contributed by atoms with E-state index in [4.69, 9.17) is 5.73 Å². The molecule has 0 saturated heterocycles. The Morgan fingerprint density at radius 2 is 1.53 bits per heavy atom. The highest BCUT2D eigenvalue weighted by atomic mass is 19.1. The minimum absolute atomic E-state index is 0.178.